The van der Waals surface area contributed by atoms with Crippen LogP contribution in [0.15, 0.2) is 12.1 Å². The number of morpholine rings is 1. The minimum Gasteiger partial charge on any atom is -0.486 e. The SMILES string of the molecule is CC1CN(c2cc3c(cc2N)OCCO3)CC(C)O1. The summed E-state index contributed by atoms with van der Waals surface area (Å²) in [4.78, 5) is 2.26. The molecule has 104 valence electrons. The average molecular weight is 264 g/mol. The molecule has 0 saturated carbocycles. The molecule has 2 unspecified atom stereocenters. The molecule has 1 saturated heterocycles. The van der Waals surface area contributed by atoms with Gasteiger partial charge in [0.25, 0.3) is 0 Å². The van der Waals surface area contributed by atoms with Gasteiger partial charge in [-0.3, -0.25) is 0 Å². The maximum absolute atomic E-state index is 6.15. The second-order valence-electron chi connectivity index (χ2n) is 5.22. The molecule has 1 aromatic rings. The number of nitrogens with two attached hydrogens (primary N) is 1. The van der Waals surface area contributed by atoms with Gasteiger partial charge in [0.05, 0.1) is 23.6 Å². The predicted molar refractivity (Wildman–Crippen MR) is 74.1 cm³/mol. The first-order valence-electron chi connectivity index (χ1n) is 6.73. The maximum Gasteiger partial charge on any atom is 0.163 e. The molecule has 2 atom stereocenters. The van der Waals surface area contributed by atoms with Crippen molar-refractivity contribution < 1.29 is 14.2 Å². The zero-order valence-electron chi connectivity index (χ0n) is 11.4. The van der Waals surface area contributed by atoms with Crippen LogP contribution in [0.25, 0.3) is 0 Å². The van der Waals surface area contributed by atoms with Gasteiger partial charge < -0.3 is 24.8 Å². The molecule has 2 heterocycles. The van der Waals surface area contributed by atoms with Crippen LogP contribution in [-0.4, -0.2) is 38.5 Å². The quantitative estimate of drug-likeness (QED) is 0.782. The van der Waals surface area contributed by atoms with Crippen LogP contribution in [0.5, 0.6) is 11.5 Å². The van der Waals surface area contributed by atoms with Gasteiger partial charge in [-0.05, 0) is 13.8 Å². The topological polar surface area (TPSA) is 57.0 Å². The van der Waals surface area contributed by atoms with Crippen molar-refractivity contribution in [3.05, 3.63) is 12.1 Å². The molecule has 2 aliphatic heterocycles. The summed E-state index contributed by atoms with van der Waals surface area (Å²) in [7, 11) is 0. The Bertz CT molecular complexity index is 468. The first kappa shape index (κ1) is 12.4. The van der Waals surface area contributed by atoms with Gasteiger partial charge in [-0.25, -0.2) is 0 Å². The van der Waals surface area contributed by atoms with Crippen LogP contribution in [0.2, 0.25) is 0 Å². The fourth-order valence-electron chi connectivity index (χ4n) is 2.74. The molecular weight excluding hydrogens is 244 g/mol. The van der Waals surface area contributed by atoms with E-state index in [1.165, 1.54) is 0 Å². The van der Waals surface area contributed by atoms with Gasteiger partial charge in [-0.1, -0.05) is 0 Å². The number of hydrogen-bond acceptors (Lipinski definition) is 5. The zero-order valence-corrected chi connectivity index (χ0v) is 11.4. The van der Waals surface area contributed by atoms with E-state index in [0.717, 1.165) is 36.0 Å². The predicted octanol–water partition coefficient (Wildman–Crippen LogP) is 1.65. The highest BCUT2D eigenvalue weighted by Gasteiger charge is 2.25. The summed E-state index contributed by atoms with van der Waals surface area (Å²) >= 11 is 0. The Labute approximate surface area is 113 Å². The maximum atomic E-state index is 6.15. The minimum absolute atomic E-state index is 0.205. The number of rotatable bonds is 1. The smallest absolute Gasteiger partial charge is 0.163 e. The van der Waals surface area contributed by atoms with Crippen molar-refractivity contribution in [3.8, 4) is 11.5 Å². The number of anilines is 2. The van der Waals surface area contributed by atoms with E-state index in [-0.39, 0.29) is 12.2 Å². The summed E-state index contributed by atoms with van der Waals surface area (Å²) < 4.78 is 16.9. The average Bonchev–Trinajstić information content (AvgIpc) is 2.36. The molecule has 5 heteroatoms. The molecular formula is C14H20N2O3. The Kier molecular flexibility index (Phi) is 3.14. The fraction of sp³-hybridized carbons (Fsp3) is 0.571. The highest BCUT2D eigenvalue weighted by molar-refractivity contribution is 5.73. The standard InChI is InChI=1S/C14H20N2O3/c1-9-7-16(8-10(2)19-9)12-6-14-13(5-11(12)15)17-3-4-18-14/h5-6,9-10H,3-4,7-8,15H2,1-2H3. The zero-order chi connectivity index (χ0) is 13.4. The van der Waals surface area contributed by atoms with Gasteiger partial charge in [0.2, 0.25) is 0 Å². The third-order valence-electron chi connectivity index (χ3n) is 3.45. The Morgan fingerprint density at radius 3 is 2.26 bits per heavy atom. The third kappa shape index (κ3) is 2.42. The first-order chi connectivity index (χ1) is 9.13. The molecule has 0 aliphatic carbocycles. The van der Waals surface area contributed by atoms with Crippen LogP contribution in [0.1, 0.15) is 13.8 Å². The number of nitrogens with zero attached hydrogens (tertiary/aromatic N) is 1. The van der Waals surface area contributed by atoms with E-state index in [1.54, 1.807) is 0 Å². The van der Waals surface area contributed by atoms with E-state index in [2.05, 4.69) is 18.7 Å². The van der Waals surface area contributed by atoms with E-state index in [1.807, 2.05) is 12.1 Å². The van der Waals surface area contributed by atoms with Gasteiger partial charge in [0, 0.05) is 25.2 Å². The molecule has 1 aromatic carbocycles. The second-order valence-corrected chi connectivity index (χ2v) is 5.22. The molecule has 0 amide bonds. The van der Waals surface area contributed by atoms with E-state index >= 15 is 0 Å². The van der Waals surface area contributed by atoms with Crippen LogP contribution in [0, 0.1) is 0 Å². The molecule has 5 nitrogen and oxygen atoms in total. The van der Waals surface area contributed by atoms with Crippen molar-refractivity contribution in [3.63, 3.8) is 0 Å². The summed E-state index contributed by atoms with van der Waals surface area (Å²) in [6, 6.07) is 3.84. The lowest BCUT2D eigenvalue weighted by Gasteiger charge is -2.37. The largest absolute Gasteiger partial charge is 0.486 e. The molecule has 0 bridgehead atoms. The Morgan fingerprint density at radius 1 is 1.05 bits per heavy atom. The number of fused-ring (bicyclic) bond motifs is 1. The number of ether oxygens (including phenoxy) is 3. The van der Waals surface area contributed by atoms with Crippen molar-refractivity contribution >= 4 is 11.4 Å². The van der Waals surface area contributed by atoms with Crippen molar-refractivity contribution in [2.75, 3.05) is 36.9 Å². The summed E-state index contributed by atoms with van der Waals surface area (Å²) in [6.07, 6.45) is 0.410. The van der Waals surface area contributed by atoms with Gasteiger partial charge >= 0.3 is 0 Å². The molecule has 2 aliphatic rings. The molecule has 0 spiro atoms. The molecule has 3 rings (SSSR count). The number of nitrogen functional groups attached to an aromatic ring is 1. The van der Waals surface area contributed by atoms with E-state index in [4.69, 9.17) is 19.9 Å². The van der Waals surface area contributed by atoms with Crippen molar-refractivity contribution in [1.29, 1.82) is 0 Å². The Morgan fingerprint density at radius 2 is 1.63 bits per heavy atom. The molecule has 0 aromatic heterocycles. The van der Waals surface area contributed by atoms with Crippen molar-refractivity contribution in [2.45, 2.75) is 26.1 Å². The van der Waals surface area contributed by atoms with Crippen LogP contribution in [0.4, 0.5) is 11.4 Å². The van der Waals surface area contributed by atoms with Gasteiger partial charge in [0.1, 0.15) is 13.2 Å². The summed E-state index contributed by atoms with van der Waals surface area (Å²) in [5.41, 5.74) is 7.88. The highest BCUT2D eigenvalue weighted by Crippen LogP contribution is 2.39. The van der Waals surface area contributed by atoms with Gasteiger partial charge in [-0.15, -0.1) is 0 Å². The molecule has 19 heavy (non-hydrogen) atoms. The lowest BCUT2D eigenvalue weighted by molar-refractivity contribution is -0.00519. The highest BCUT2D eigenvalue weighted by atomic mass is 16.6. The van der Waals surface area contributed by atoms with E-state index < -0.39 is 0 Å². The van der Waals surface area contributed by atoms with Crippen LogP contribution < -0.4 is 20.1 Å². The van der Waals surface area contributed by atoms with Gasteiger partial charge in [-0.2, -0.15) is 0 Å². The summed E-state index contributed by atoms with van der Waals surface area (Å²) in [5, 5.41) is 0. The fourth-order valence-corrected chi connectivity index (χ4v) is 2.74. The van der Waals surface area contributed by atoms with E-state index in [9.17, 15) is 0 Å². The van der Waals surface area contributed by atoms with E-state index in [0.29, 0.717) is 13.2 Å². The molecule has 1 fully saturated rings. The third-order valence-corrected chi connectivity index (χ3v) is 3.45. The number of hydrogen-bond donors (Lipinski definition) is 1. The second kappa shape index (κ2) is 4.81. The normalized spacial score (nSPS) is 26.3. The summed E-state index contributed by atoms with van der Waals surface area (Å²) in [6.45, 7) is 7.01. The molecule has 2 N–H and O–H groups in total. The van der Waals surface area contributed by atoms with Crippen LogP contribution >= 0.6 is 0 Å². The van der Waals surface area contributed by atoms with Crippen molar-refractivity contribution in [2.24, 2.45) is 0 Å². The monoisotopic (exact) mass is 264 g/mol. The van der Waals surface area contributed by atoms with Crippen LogP contribution in [-0.2, 0) is 4.74 Å². The number of benzene rings is 1. The van der Waals surface area contributed by atoms with Crippen molar-refractivity contribution in [1.82, 2.24) is 0 Å². The lowest BCUT2D eigenvalue weighted by Crippen LogP contribution is -2.45. The minimum atomic E-state index is 0.205. The van der Waals surface area contributed by atoms with Gasteiger partial charge in [0.15, 0.2) is 11.5 Å². The first-order valence-corrected chi connectivity index (χ1v) is 6.73. The van der Waals surface area contributed by atoms with Crippen LogP contribution in [0.3, 0.4) is 0 Å². The molecule has 0 radical (unpaired) electrons. The Balaban J connectivity index is 1.91. The Hall–Kier alpha value is -1.62. The lowest BCUT2D eigenvalue weighted by atomic mass is 10.1. The summed E-state index contributed by atoms with van der Waals surface area (Å²) in [5.74, 6) is 1.52.